The van der Waals surface area contributed by atoms with Crippen LogP contribution in [0.15, 0.2) is 53.6 Å². The van der Waals surface area contributed by atoms with Gasteiger partial charge in [0.15, 0.2) is 0 Å². The van der Waals surface area contributed by atoms with Crippen molar-refractivity contribution in [1.29, 1.82) is 0 Å². The van der Waals surface area contributed by atoms with E-state index >= 15 is 0 Å². The van der Waals surface area contributed by atoms with Crippen LogP contribution in [0.4, 0.5) is 0 Å². The zero-order valence-electron chi connectivity index (χ0n) is 16.4. The van der Waals surface area contributed by atoms with E-state index in [9.17, 15) is 13.2 Å². The Balaban J connectivity index is 2.17. The van der Waals surface area contributed by atoms with E-state index in [2.05, 4.69) is 5.32 Å². The molecule has 0 fully saturated rings. The van der Waals surface area contributed by atoms with E-state index in [0.29, 0.717) is 17.8 Å². The van der Waals surface area contributed by atoms with Gasteiger partial charge in [0.1, 0.15) is 5.75 Å². The van der Waals surface area contributed by atoms with Crippen LogP contribution >= 0.6 is 0 Å². The highest BCUT2D eigenvalue weighted by atomic mass is 32.2. The van der Waals surface area contributed by atoms with Crippen molar-refractivity contribution in [3.8, 4) is 5.75 Å². The molecular weight excluding hydrogens is 376 g/mol. The zero-order chi connectivity index (χ0) is 20.5. The second kappa shape index (κ2) is 7.67. The number of rotatable bonds is 6. The van der Waals surface area contributed by atoms with Gasteiger partial charge in [-0.05, 0) is 42.8 Å². The Morgan fingerprint density at radius 1 is 1.18 bits per heavy atom. The molecule has 0 spiro atoms. The lowest BCUT2D eigenvalue weighted by Crippen LogP contribution is -2.24. The van der Waals surface area contributed by atoms with Crippen LogP contribution in [0.5, 0.6) is 5.75 Å². The van der Waals surface area contributed by atoms with Crippen LogP contribution in [0.25, 0.3) is 10.9 Å². The van der Waals surface area contributed by atoms with Crippen molar-refractivity contribution in [2.45, 2.75) is 31.6 Å². The van der Waals surface area contributed by atoms with Gasteiger partial charge in [-0.3, -0.25) is 4.79 Å². The van der Waals surface area contributed by atoms with Crippen LogP contribution in [0.1, 0.15) is 30.9 Å². The van der Waals surface area contributed by atoms with Gasteiger partial charge in [0.05, 0.1) is 17.5 Å². The number of amides is 1. The van der Waals surface area contributed by atoms with Crippen molar-refractivity contribution >= 4 is 26.8 Å². The van der Waals surface area contributed by atoms with Crippen LogP contribution in [0.3, 0.4) is 0 Å². The molecule has 1 heterocycles. The van der Waals surface area contributed by atoms with Gasteiger partial charge in [-0.1, -0.05) is 24.6 Å². The van der Waals surface area contributed by atoms with Crippen LogP contribution < -0.4 is 10.1 Å². The Bertz CT molecular complexity index is 1120. The number of aromatic nitrogens is 1. The normalized spacial score (nSPS) is 12.7. The van der Waals surface area contributed by atoms with E-state index in [-0.39, 0.29) is 16.7 Å². The number of carbonyl (C=O) groups is 1. The SMILES string of the molecule is COc1ccc2c(c1)c([C@@H](C)CNC(C)=O)cn2S(=O)(=O)c1ccc(C)cc1. The standard InChI is InChI=1S/C21H24N2O4S/c1-14-5-8-18(9-6-14)28(25,26)23-13-20(15(2)12-22-16(3)24)19-11-17(27-4)7-10-21(19)23/h5-11,13,15H,12H2,1-4H3,(H,22,24)/t15-/m0/s1. The predicted octanol–water partition coefficient (Wildman–Crippen LogP) is 3.43. The fourth-order valence-corrected chi connectivity index (χ4v) is 4.53. The molecule has 0 bridgehead atoms. The highest BCUT2D eigenvalue weighted by Crippen LogP contribution is 2.33. The van der Waals surface area contributed by atoms with E-state index in [1.807, 2.05) is 19.9 Å². The summed E-state index contributed by atoms with van der Waals surface area (Å²) in [6.45, 7) is 5.74. The number of ether oxygens (including phenoxy) is 1. The molecule has 0 aliphatic heterocycles. The molecule has 0 radical (unpaired) electrons. The Hall–Kier alpha value is -2.80. The molecule has 6 nitrogen and oxygen atoms in total. The summed E-state index contributed by atoms with van der Waals surface area (Å²) >= 11 is 0. The lowest BCUT2D eigenvalue weighted by Gasteiger charge is -2.11. The number of fused-ring (bicyclic) bond motifs is 1. The topological polar surface area (TPSA) is 77.4 Å². The summed E-state index contributed by atoms with van der Waals surface area (Å²) in [6.07, 6.45) is 1.64. The first-order valence-electron chi connectivity index (χ1n) is 8.99. The smallest absolute Gasteiger partial charge is 0.268 e. The molecule has 3 rings (SSSR count). The van der Waals surface area contributed by atoms with Crippen molar-refractivity contribution < 1.29 is 17.9 Å². The first kappa shape index (κ1) is 19.9. The molecule has 148 valence electrons. The van der Waals surface area contributed by atoms with E-state index in [4.69, 9.17) is 4.74 Å². The maximum atomic E-state index is 13.3. The first-order valence-corrected chi connectivity index (χ1v) is 10.4. The molecule has 1 N–H and O–H groups in total. The van der Waals surface area contributed by atoms with Crippen molar-refractivity contribution in [3.63, 3.8) is 0 Å². The number of aryl methyl sites for hydroxylation is 1. The molecule has 1 amide bonds. The van der Waals surface area contributed by atoms with Crippen molar-refractivity contribution in [2.75, 3.05) is 13.7 Å². The second-order valence-electron chi connectivity index (χ2n) is 6.92. The number of methoxy groups -OCH3 is 1. The number of hydrogen-bond acceptors (Lipinski definition) is 4. The van der Waals surface area contributed by atoms with Crippen LogP contribution in [0, 0.1) is 6.92 Å². The van der Waals surface area contributed by atoms with Crippen molar-refractivity contribution in [1.82, 2.24) is 9.29 Å². The van der Waals surface area contributed by atoms with E-state index < -0.39 is 10.0 Å². The van der Waals surface area contributed by atoms with E-state index in [0.717, 1.165) is 16.5 Å². The fraction of sp³-hybridized carbons (Fsp3) is 0.286. The zero-order valence-corrected chi connectivity index (χ0v) is 17.2. The molecule has 2 aromatic carbocycles. The number of nitrogens with one attached hydrogen (secondary N) is 1. The second-order valence-corrected chi connectivity index (χ2v) is 8.73. The maximum absolute atomic E-state index is 13.3. The predicted molar refractivity (Wildman–Crippen MR) is 109 cm³/mol. The molecule has 1 aromatic heterocycles. The molecule has 0 saturated carbocycles. The summed E-state index contributed by atoms with van der Waals surface area (Å²) in [5.74, 6) is 0.444. The van der Waals surface area contributed by atoms with Gasteiger partial charge in [0.2, 0.25) is 5.91 Å². The van der Waals surface area contributed by atoms with Crippen LogP contribution in [-0.4, -0.2) is 32.0 Å². The quantitative estimate of drug-likeness (QED) is 0.688. The van der Waals surface area contributed by atoms with Crippen LogP contribution in [-0.2, 0) is 14.8 Å². The van der Waals surface area contributed by atoms with Gasteiger partial charge in [-0.25, -0.2) is 12.4 Å². The summed E-state index contributed by atoms with van der Waals surface area (Å²) in [4.78, 5) is 11.5. The third-order valence-corrected chi connectivity index (χ3v) is 6.46. The van der Waals surface area contributed by atoms with Gasteiger partial charge < -0.3 is 10.1 Å². The molecule has 0 saturated heterocycles. The van der Waals surface area contributed by atoms with E-state index in [1.54, 1.807) is 49.7 Å². The third kappa shape index (κ3) is 3.75. The minimum Gasteiger partial charge on any atom is -0.497 e. The molecule has 7 heteroatoms. The molecular formula is C21H24N2O4S. The molecule has 3 aromatic rings. The molecule has 1 atom stereocenters. The minimum atomic E-state index is -3.76. The lowest BCUT2D eigenvalue weighted by molar-refractivity contribution is -0.119. The number of benzene rings is 2. The minimum absolute atomic E-state index is 0.0760. The van der Waals surface area contributed by atoms with Gasteiger partial charge in [-0.2, -0.15) is 0 Å². The van der Waals surface area contributed by atoms with Crippen molar-refractivity contribution in [3.05, 3.63) is 59.8 Å². The molecule has 0 aliphatic rings. The fourth-order valence-electron chi connectivity index (χ4n) is 3.15. The van der Waals surface area contributed by atoms with Crippen molar-refractivity contribution in [2.24, 2.45) is 0 Å². The Morgan fingerprint density at radius 2 is 1.86 bits per heavy atom. The highest BCUT2D eigenvalue weighted by molar-refractivity contribution is 7.90. The highest BCUT2D eigenvalue weighted by Gasteiger charge is 2.23. The third-order valence-electron chi connectivity index (χ3n) is 4.77. The van der Waals surface area contributed by atoms with Gasteiger partial charge in [0.25, 0.3) is 10.0 Å². The Morgan fingerprint density at radius 3 is 2.46 bits per heavy atom. The van der Waals surface area contributed by atoms with Crippen LogP contribution in [0.2, 0.25) is 0 Å². The number of hydrogen-bond donors (Lipinski definition) is 1. The van der Waals surface area contributed by atoms with Gasteiger partial charge in [0, 0.05) is 31.0 Å². The first-order chi connectivity index (χ1) is 13.2. The number of carbonyl (C=O) groups excluding carboxylic acids is 1. The van der Waals surface area contributed by atoms with Gasteiger partial charge in [-0.15, -0.1) is 0 Å². The largest absolute Gasteiger partial charge is 0.497 e. The summed E-state index contributed by atoms with van der Waals surface area (Å²) in [7, 11) is -2.19. The number of nitrogens with zero attached hydrogens (tertiary/aromatic N) is 1. The summed E-state index contributed by atoms with van der Waals surface area (Å²) < 4.78 is 33.2. The summed E-state index contributed by atoms with van der Waals surface area (Å²) in [5.41, 5.74) is 2.40. The Labute approximate surface area is 165 Å². The summed E-state index contributed by atoms with van der Waals surface area (Å²) in [6, 6.07) is 12.1. The molecule has 0 unspecified atom stereocenters. The maximum Gasteiger partial charge on any atom is 0.268 e. The van der Waals surface area contributed by atoms with Gasteiger partial charge >= 0.3 is 0 Å². The Kier molecular flexibility index (Phi) is 5.47. The van der Waals surface area contributed by atoms with E-state index in [1.165, 1.54) is 10.9 Å². The average molecular weight is 401 g/mol. The monoisotopic (exact) mass is 400 g/mol. The summed E-state index contributed by atoms with van der Waals surface area (Å²) in [5, 5.41) is 3.58. The molecule has 0 aliphatic carbocycles. The lowest BCUT2D eigenvalue weighted by atomic mass is 10.0. The molecule has 28 heavy (non-hydrogen) atoms. The average Bonchev–Trinajstić information content (AvgIpc) is 3.06.